The van der Waals surface area contributed by atoms with Crippen molar-refractivity contribution in [3.63, 3.8) is 0 Å². The Bertz CT molecular complexity index is 361. The van der Waals surface area contributed by atoms with Crippen molar-refractivity contribution in [1.82, 2.24) is 15.1 Å². The summed E-state index contributed by atoms with van der Waals surface area (Å²) in [6.45, 7) is 3.77. The van der Waals surface area contributed by atoms with E-state index in [0.717, 1.165) is 17.8 Å². The Kier molecular flexibility index (Phi) is 5.86. The number of aryl methyl sites for hydroxylation is 2. The number of hydrogen-bond acceptors (Lipinski definition) is 4. The molecule has 5 heteroatoms. The van der Waals surface area contributed by atoms with Gasteiger partial charge in [-0.2, -0.15) is 5.10 Å². The molecule has 17 heavy (non-hydrogen) atoms. The minimum Gasteiger partial charge on any atom is -0.383 e. The molecule has 0 fully saturated rings. The number of carbonyl (C=O) groups is 1. The zero-order chi connectivity index (χ0) is 12.7. The summed E-state index contributed by atoms with van der Waals surface area (Å²) < 4.78 is 6.67. The molecular weight excluding hydrogens is 218 g/mol. The fraction of sp³-hybridized carbons (Fsp3) is 0.667. The molecule has 1 N–H and O–H groups in total. The van der Waals surface area contributed by atoms with Crippen molar-refractivity contribution in [1.29, 1.82) is 0 Å². The largest absolute Gasteiger partial charge is 0.383 e. The lowest BCUT2D eigenvalue weighted by Crippen LogP contribution is -2.27. The molecule has 0 atom stereocenters. The lowest BCUT2D eigenvalue weighted by Gasteiger charge is -2.03. The van der Waals surface area contributed by atoms with E-state index < -0.39 is 0 Å². The fourth-order valence-corrected chi connectivity index (χ4v) is 1.58. The van der Waals surface area contributed by atoms with Gasteiger partial charge in [-0.05, 0) is 12.5 Å². The highest BCUT2D eigenvalue weighted by atomic mass is 16.5. The van der Waals surface area contributed by atoms with E-state index in [1.807, 2.05) is 13.1 Å². The molecule has 0 spiro atoms. The van der Waals surface area contributed by atoms with Gasteiger partial charge in [0.05, 0.1) is 18.8 Å². The first-order valence-corrected chi connectivity index (χ1v) is 5.90. The Morgan fingerprint density at radius 2 is 2.35 bits per heavy atom. The normalized spacial score (nSPS) is 10.8. The molecule has 0 aliphatic heterocycles. The Labute approximate surface area is 102 Å². The van der Waals surface area contributed by atoms with Gasteiger partial charge in [0.15, 0.2) is 5.78 Å². The van der Waals surface area contributed by atoms with E-state index in [9.17, 15) is 4.79 Å². The first-order chi connectivity index (χ1) is 8.17. The predicted molar refractivity (Wildman–Crippen MR) is 66.0 cm³/mol. The molecule has 0 saturated heterocycles. The van der Waals surface area contributed by atoms with E-state index in [-0.39, 0.29) is 5.78 Å². The van der Waals surface area contributed by atoms with Crippen LogP contribution in [-0.2, 0) is 29.4 Å². The van der Waals surface area contributed by atoms with Gasteiger partial charge in [0.1, 0.15) is 0 Å². The molecule has 0 amide bonds. The second kappa shape index (κ2) is 7.19. The van der Waals surface area contributed by atoms with Crippen LogP contribution in [0.25, 0.3) is 0 Å². The van der Waals surface area contributed by atoms with E-state index in [1.54, 1.807) is 11.8 Å². The van der Waals surface area contributed by atoms with Crippen molar-refractivity contribution in [2.24, 2.45) is 7.05 Å². The molecule has 1 aromatic heterocycles. The van der Waals surface area contributed by atoms with Crippen molar-refractivity contribution >= 4 is 5.78 Å². The molecule has 5 nitrogen and oxygen atoms in total. The zero-order valence-corrected chi connectivity index (χ0v) is 10.8. The van der Waals surface area contributed by atoms with Crippen molar-refractivity contribution in [2.45, 2.75) is 19.8 Å². The number of aromatic nitrogens is 2. The smallest absolute Gasteiger partial charge is 0.152 e. The summed E-state index contributed by atoms with van der Waals surface area (Å²) >= 11 is 0. The Morgan fingerprint density at radius 1 is 1.59 bits per heavy atom. The van der Waals surface area contributed by atoms with Gasteiger partial charge in [-0.25, -0.2) is 0 Å². The van der Waals surface area contributed by atoms with Crippen molar-refractivity contribution in [3.05, 3.63) is 17.5 Å². The number of rotatable bonds is 8. The van der Waals surface area contributed by atoms with Crippen molar-refractivity contribution in [3.8, 4) is 0 Å². The number of Topliss-reactive ketones (excluding diaryl/α,β-unsaturated/α-hetero) is 1. The lowest BCUT2D eigenvalue weighted by atomic mass is 10.2. The van der Waals surface area contributed by atoms with E-state index >= 15 is 0 Å². The zero-order valence-electron chi connectivity index (χ0n) is 10.8. The van der Waals surface area contributed by atoms with Crippen LogP contribution in [0, 0.1) is 0 Å². The molecule has 1 heterocycles. The molecule has 1 aromatic rings. The summed E-state index contributed by atoms with van der Waals surface area (Å²) in [6, 6.07) is 1.99. The van der Waals surface area contributed by atoms with Crippen LogP contribution in [0.3, 0.4) is 0 Å². The molecule has 0 radical (unpaired) electrons. The Hall–Kier alpha value is -1.20. The van der Waals surface area contributed by atoms with Crippen LogP contribution >= 0.6 is 0 Å². The summed E-state index contributed by atoms with van der Waals surface area (Å²) in [5.41, 5.74) is 2.00. The standard InChI is InChI=1S/C12H21N3O2/c1-4-10-7-11(15(2)14-10)8-12(16)9-13-5-6-17-3/h7,13H,4-6,8-9H2,1-3H3. The predicted octanol–water partition coefficient (Wildman–Crippen LogP) is 0.330. The third-order valence-electron chi connectivity index (χ3n) is 2.57. The maximum absolute atomic E-state index is 11.7. The fourth-order valence-electron chi connectivity index (χ4n) is 1.58. The number of ether oxygens (including phenoxy) is 1. The maximum atomic E-state index is 11.7. The van der Waals surface area contributed by atoms with Gasteiger partial charge in [0, 0.05) is 32.8 Å². The van der Waals surface area contributed by atoms with Gasteiger partial charge in [-0.3, -0.25) is 9.48 Å². The van der Waals surface area contributed by atoms with Gasteiger partial charge in [0.25, 0.3) is 0 Å². The van der Waals surface area contributed by atoms with Crippen LogP contribution in [0.5, 0.6) is 0 Å². The van der Waals surface area contributed by atoms with Gasteiger partial charge in [0.2, 0.25) is 0 Å². The van der Waals surface area contributed by atoms with Crippen LogP contribution < -0.4 is 5.32 Å². The van der Waals surface area contributed by atoms with E-state index in [4.69, 9.17) is 4.74 Å². The summed E-state index contributed by atoms with van der Waals surface area (Å²) in [7, 11) is 3.52. The van der Waals surface area contributed by atoms with Gasteiger partial charge in [-0.1, -0.05) is 6.92 Å². The highest BCUT2D eigenvalue weighted by Crippen LogP contribution is 2.04. The quantitative estimate of drug-likeness (QED) is 0.664. The Balaban J connectivity index is 2.36. The highest BCUT2D eigenvalue weighted by molar-refractivity contribution is 5.82. The number of nitrogens with zero attached hydrogens (tertiary/aromatic N) is 2. The first-order valence-electron chi connectivity index (χ1n) is 5.90. The second-order valence-electron chi connectivity index (χ2n) is 3.99. The summed E-state index contributed by atoms with van der Waals surface area (Å²) in [5, 5.41) is 7.36. The van der Waals surface area contributed by atoms with Crippen LogP contribution in [0.2, 0.25) is 0 Å². The summed E-state index contributed by atoms with van der Waals surface area (Å²) in [5.74, 6) is 0.173. The van der Waals surface area contributed by atoms with Gasteiger partial charge in [-0.15, -0.1) is 0 Å². The minimum atomic E-state index is 0.173. The Morgan fingerprint density at radius 3 is 2.94 bits per heavy atom. The van der Waals surface area contributed by atoms with Crippen LogP contribution in [0.4, 0.5) is 0 Å². The van der Waals surface area contributed by atoms with Gasteiger partial charge >= 0.3 is 0 Å². The minimum absolute atomic E-state index is 0.173. The molecule has 0 unspecified atom stereocenters. The summed E-state index contributed by atoms with van der Waals surface area (Å²) in [4.78, 5) is 11.7. The molecule has 0 aliphatic rings. The SMILES string of the molecule is CCc1cc(CC(=O)CNCCOC)n(C)n1. The highest BCUT2D eigenvalue weighted by Gasteiger charge is 2.08. The molecule has 0 saturated carbocycles. The average Bonchev–Trinajstić information content (AvgIpc) is 2.66. The lowest BCUT2D eigenvalue weighted by molar-refractivity contribution is -0.117. The molecule has 96 valence electrons. The van der Waals surface area contributed by atoms with E-state index in [2.05, 4.69) is 17.3 Å². The molecule has 1 rings (SSSR count). The molecule has 0 bridgehead atoms. The third kappa shape index (κ3) is 4.66. The maximum Gasteiger partial charge on any atom is 0.152 e. The van der Waals surface area contributed by atoms with Crippen LogP contribution in [-0.4, -0.2) is 42.4 Å². The topological polar surface area (TPSA) is 56.1 Å². The first kappa shape index (κ1) is 13.9. The van der Waals surface area contributed by atoms with Crippen LogP contribution in [0.15, 0.2) is 6.07 Å². The summed E-state index contributed by atoms with van der Waals surface area (Å²) in [6.07, 6.45) is 1.33. The average molecular weight is 239 g/mol. The van der Waals surface area contributed by atoms with Crippen LogP contribution in [0.1, 0.15) is 18.3 Å². The van der Waals surface area contributed by atoms with E-state index in [1.165, 1.54) is 0 Å². The van der Waals surface area contributed by atoms with E-state index in [0.29, 0.717) is 26.1 Å². The molecule has 0 aliphatic carbocycles. The molecular formula is C12H21N3O2. The van der Waals surface area contributed by atoms with Gasteiger partial charge < -0.3 is 10.1 Å². The number of hydrogen-bond donors (Lipinski definition) is 1. The molecule has 0 aromatic carbocycles. The number of methoxy groups -OCH3 is 1. The number of ketones is 1. The third-order valence-corrected chi connectivity index (χ3v) is 2.57. The van der Waals surface area contributed by atoms with Crippen molar-refractivity contribution < 1.29 is 9.53 Å². The number of nitrogens with one attached hydrogen (secondary N) is 1. The monoisotopic (exact) mass is 239 g/mol. The number of carbonyl (C=O) groups excluding carboxylic acids is 1. The van der Waals surface area contributed by atoms with Crippen molar-refractivity contribution in [2.75, 3.05) is 26.8 Å². The second-order valence-corrected chi connectivity index (χ2v) is 3.99.